The Morgan fingerprint density at radius 1 is 0.875 bits per heavy atom. The molecule has 0 unspecified atom stereocenters. The molecule has 0 aliphatic rings. The number of para-hydroxylation sites is 1. The van der Waals surface area contributed by atoms with Crippen LogP contribution in [0.25, 0.3) is 27.7 Å². The zero-order chi connectivity index (χ0) is 28.8. The van der Waals surface area contributed by atoms with E-state index >= 15 is 0 Å². The third-order valence-electron chi connectivity index (χ3n) is 6.70. The van der Waals surface area contributed by atoms with E-state index in [0.717, 1.165) is 29.3 Å². The molecule has 1 heterocycles. The molecule has 0 atom stereocenters. The number of fused-ring (bicyclic) bond motifs is 1. The van der Waals surface area contributed by atoms with Crippen LogP contribution in [0.3, 0.4) is 0 Å². The molecule has 202 valence electrons. The number of phenols is 1. The number of nitrogens with zero attached hydrogens (tertiary/aromatic N) is 3. The summed E-state index contributed by atoms with van der Waals surface area (Å²) in [6.07, 6.45) is -4.25. The maximum absolute atomic E-state index is 13.8. The smallest absolute Gasteiger partial charge is 0.416 e. The first-order valence-corrected chi connectivity index (χ1v) is 12.0. The molecule has 4 aromatic carbocycles. The maximum atomic E-state index is 13.8. The van der Waals surface area contributed by atoms with Crippen molar-refractivity contribution in [2.24, 2.45) is 10.2 Å². The summed E-state index contributed by atoms with van der Waals surface area (Å²) in [5, 5.41) is 30.5. The SMILES string of the molecule is Cc1ccc(-n2c(O)c(N=Nc3cccc(-c4ccc(F)c(C=O)c4)c3O)c3ccc(C(F)(F)F)cc32)cc1C. The number of phenolic OH excluding ortho intramolecular Hbond substituents is 1. The molecule has 5 aromatic rings. The highest BCUT2D eigenvalue weighted by molar-refractivity contribution is 5.97. The van der Waals surface area contributed by atoms with Crippen molar-refractivity contribution in [2.45, 2.75) is 20.0 Å². The van der Waals surface area contributed by atoms with Crippen molar-refractivity contribution >= 4 is 28.6 Å². The number of carbonyl (C=O) groups is 1. The van der Waals surface area contributed by atoms with Crippen molar-refractivity contribution in [3.8, 4) is 28.4 Å². The van der Waals surface area contributed by atoms with E-state index in [1.54, 1.807) is 24.3 Å². The zero-order valence-electron chi connectivity index (χ0n) is 21.2. The Hall–Kier alpha value is -4.99. The second kappa shape index (κ2) is 9.96. The second-order valence-corrected chi connectivity index (χ2v) is 9.23. The van der Waals surface area contributed by atoms with E-state index in [1.807, 2.05) is 13.8 Å². The molecule has 0 saturated carbocycles. The van der Waals surface area contributed by atoms with Crippen molar-refractivity contribution < 1.29 is 32.6 Å². The Bertz CT molecular complexity index is 1820. The average molecular weight is 548 g/mol. The van der Waals surface area contributed by atoms with E-state index in [0.29, 0.717) is 17.5 Å². The number of carbonyl (C=O) groups excluding carboxylic acids is 1. The zero-order valence-corrected chi connectivity index (χ0v) is 21.2. The molecule has 0 aliphatic heterocycles. The van der Waals surface area contributed by atoms with Crippen LogP contribution in [0.15, 0.2) is 83.0 Å². The molecule has 40 heavy (non-hydrogen) atoms. The van der Waals surface area contributed by atoms with Gasteiger partial charge in [-0.15, -0.1) is 10.2 Å². The normalized spacial score (nSPS) is 11.9. The minimum absolute atomic E-state index is 0.0205. The van der Waals surface area contributed by atoms with Crippen molar-refractivity contribution in [1.29, 1.82) is 0 Å². The Kier molecular flexibility index (Phi) is 6.62. The first-order chi connectivity index (χ1) is 19.0. The Labute approximate surface area is 225 Å². The van der Waals surface area contributed by atoms with Gasteiger partial charge in [-0.05, 0) is 79.1 Å². The minimum Gasteiger partial charge on any atom is -0.505 e. The molecule has 0 radical (unpaired) electrons. The third kappa shape index (κ3) is 4.68. The lowest BCUT2D eigenvalue weighted by molar-refractivity contribution is -0.137. The van der Waals surface area contributed by atoms with Gasteiger partial charge in [0.1, 0.15) is 11.5 Å². The highest BCUT2D eigenvalue weighted by Gasteiger charge is 2.32. The molecule has 0 saturated heterocycles. The molecule has 0 fully saturated rings. The summed E-state index contributed by atoms with van der Waals surface area (Å²) in [4.78, 5) is 11.2. The number of azo groups is 1. The van der Waals surface area contributed by atoms with E-state index in [9.17, 15) is 32.6 Å². The van der Waals surface area contributed by atoms with Crippen molar-refractivity contribution in [3.05, 3.63) is 101 Å². The van der Waals surface area contributed by atoms with Gasteiger partial charge in [0.2, 0.25) is 5.88 Å². The van der Waals surface area contributed by atoms with Gasteiger partial charge in [0.15, 0.2) is 17.7 Å². The fourth-order valence-electron chi connectivity index (χ4n) is 4.41. The topological polar surface area (TPSA) is 87.2 Å². The summed E-state index contributed by atoms with van der Waals surface area (Å²) in [6.45, 7) is 3.73. The number of hydrogen-bond acceptors (Lipinski definition) is 5. The monoisotopic (exact) mass is 547 g/mol. The summed E-state index contributed by atoms with van der Waals surface area (Å²) in [5.41, 5.74) is 1.72. The number of benzene rings is 4. The van der Waals surface area contributed by atoms with E-state index in [2.05, 4.69) is 10.2 Å². The molecule has 6 nitrogen and oxygen atoms in total. The predicted molar refractivity (Wildman–Crippen MR) is 142 cm³/mol. The predicted octanol–water partition coefficient (Wildman–Crippen LogP) is 8.71. The molecule has 0 aliphatic carbocycles. The van der Waals surface area contributed by atoms with Gasteiger partial charge < -0.3 is 10.2 Å². The van der Waals surface area contributed by atoms with Gasteiger partial charge in [0.25, 0.3) is 0 Å². The van der Waals surface area contributed by atoms with Gasteiger partial charge in [0.05, 0.1) is 16.6 Å². The van der Waals surface area contributed by atoms with Crippen LogP contribution < -0.4 is 0 Å². The average Bonchev–Trinajstić information content (AvgIpc) is 3.20. The Morgan fingerprint density at radius 3 is 2.35 bits per heavy atom. The fourth-order valence-corrected chi connectivity index (χ4v) is 4.41. The standard InChI is InChI=1S/C30H21F4N3O3/c1-16-6-9-21(12-17(16)2)37-26-14-20(30(32,33)34)8-10-23(26)27(29(37)40)36-35-25-5-3-4-22(28(25)39)18-7-11-24(31)19(13-18)15-38/h3-15,39-40H,1-2H3. The lowest BCUT2D eigenvalue weighted by Crippen LogP contribution is -2.05. The summed E-state index contributed by atoms with van der Waals surface area (Å²) >= 11 is 0. The van der Waals surface area contributed by atoms with Crippen LogP contribution in [0.2, 0.25) is 0 Å². The number of aromatic hydroxyl groups is 2. The number of halogens is 4. The van der Waals surface area contributed by atoms with Crippen LogP contribution in [0.5, 0.6) is 11.6 Å². The van der Waals surface area contributed by atoms with Crippen LogP contribution in [0.1, 0.15) is 27.0 Å². The molecular formula is C30H21F4N3O3. The third-order valence-corrected chi connectivity index (χ3v) is 6.70. The lowest BCUT2D eigenvalue weighted by Gasteiger charge is -2.11. The first-order valence-electron chi connectivity index (χ1n) is 12.0. The molecule has 2 N–H and O–H groups in total. The van der Waals surface area contributed by atoms with Crippen molar-refractivity contribution in [2.75, 3.05) is 0 Å². The number of aryl methyl sites for hydroxylation is 2. The number of aromatic nitrogens is 1. The highest BCUT2D eigenvalue weighted by atomic mass is 19.4. The van der Waals surface area contributed by atoms with Gasteiger partial charge in [-0.1, -0.05) is 24.3 Å². The Morgan fingerprint density at radius 2 is 1.65 bits per heavy atom. The van der Waals surface area contributed by atoms with E-state index in [-0.39, 0.29) is 39.2 Å². The largest absolute Gasteiger partial charge is 0.505 e. The maximum Gasteiger partial charge on any atom is 0.416 e. The van der Waals surface area contributed by atoms with Gasteiger partial charge in [-0.2, -0.15) is 13.2 Å². The van der Waals surface area contributed by atoms with Crippen LogP contribution in [-0.4, -0.2) is 21.1 Å². The second-order valence-electron chi connectivity index (χ2n) is 9.23. The molecule has 0 bridgehead atoms. The minimum atomic E-state index is -4.61. The summed E-state index contributed by atoms with van der Waals surface area (Å²) in [7, 11) is 0. The van der Waals surface area contributed by atoms with Gasteiger partial charge in [0, 0.05) is 16.6 Å². The van der Waals surface area contributed by atoms with Gasteiger partial charge in [-0.25, -0.2) is 4.39 Å². The number of rotatable bonds is 5. The molecular weight excluding hydrogens is 526 g/mol. The molecule has 5 rings (SSSR count). The van der Waals surface area contributed by atoms with Gasteiger partial charge >= 0.3 is 6.18 Å². The summed E-state index contributed by atoms with van der Waals surface area (Å²) < 4.78 is 55.7. The molecule has 1 aromatic heterocycles. The fraction of sp³-hybridized carbons (Fsp3) is 0.100. The van der Waals surface area contributed by atoms with Crippen LogP contribution in [0, 0.1) is 19.7 Å². The number of alkyl halides is 3. The van der Waals surface area contributed by atoms with Crippen LogP contribution in [-0.2, 0) is 6.18 Å². The van der Waals surface area contributed by atoms with E-state index in [1.165, 1.54) is 34.9 Å². The molecule has 10 heteroatoms. The molecule has 0 amide bonds. The summed E-state index contributed by atoms with van der Waals surface area (Å²) in [5.74, 6) is -1.48. The molecule has 0 spiro atoms. The van der Waals surface area contributed by atoms with E-state index in [4.69, 9.17) is 0 Å². The van der Waals surface area contributed by atoms with Crippen molar-refractivity contribution in [1.82, 2.24) is 4.57 Å². The van der Waals surface area contributed by atoms with E-state index < -0.39 is 23.4 Å². The number of hydrogen-bond donors (Lipinski definition) is 2. The van der Waals surface area contributed by atoms with Crippen molar-refractivity contribution in [3.63, 3.8) is 0 Å². The quantitative estimate of drug-likeness (QED) is 0.131. The Balaban J connectivity index is 1.66. The van der Waals surface area contributed by atoms with Gasteiger partial charge in [-0.3, -0.25) is 9.36 Å². The highest BCUT2D eigenvalue weighted by Crippen LogP contribution is 2.45. The summed E-state index contributed by atoms with van der Waals surface area (Å²) in [6, 6.07) is 16.5. The number of aldehydes is 1. The van der Waals surface area contributed by atoms with Crippen LogP contribution >= 0.6 is 0 Å². The first kappa shape index (κ1) is 26.6. The van der Waals surface area contributed by atoms with Crippen LogP contribution in [0.4, 0.5) is 28.9 Å². The lowest BCUT2D eigenvalue weighted by atomic mass is 10.0.